The molecule has 1 aromatic heterocycles. The molecular formula is C17H19F2N3O2. The average molecular weight is 335 g/mol. The van der Waals surface area contributed by atoms with Gasteiger partial charge in [0.25, 0.3) is 5.91 Å². The van der Waals surface area contributed by atoms with Crippen LogP contribution in [0.25, 0.3) is 0 Å². The summed E-state index contributed by atoms with van der Waals surface area (Å²) in [6.07, 6.45) is 1.71. The topological polar surface area (TPSA) is 48.6 Å². The Labute approximate surface area is 138 Å². The maximum absolute atomic E-state index is 14.2. The summed E-state index contributed by atoms with van der Waals surface area (Å²) in [5.74, 6) is -1.27. The molecule has 1 N–H and O–H groups in total. The average Bonchev–Trinajstić information content (AvgIpc) is 3.13. The van der Waals surface area contributed by atoms with E-state index < -0.39 is 11.6 Å². The first-order valence-corrected chi connectivity index (χ1v) is 7.76. The monoisotopic (exact) mass is 335 g/mol. The number of benzene rings is 1. The van der Waals surface area contributed by atoms with Crippen molar-refractivity contribution < 1.29 is 18.3 Å². The first-order chi connectivity index (χ1) is 11.6. The minimum absolute atomic E-state index is 0.00139. The van der Waals surface area contributed by atoms with Gasteiger partial charge >= 0.3 is 0 Å². The summed E-state index contributed by atoms with van der Waals surface area (Å²) in [4.78, 5) is 18.8. The van der Waals surface area contributed by atoms with Crippen molar-refractivity contribution in [3.05, 3.63) is 53.4 Å². The van der Waals surface area contributed by atoms with E-state index in [-0.39, 0.29) is 23.8 Å². The molecule has 0 atom stereocenters. The summed E-state index contributed by atoms with van der Waals surface area (Å²) < 4.78 is 33.0. The number of rotatable bonds is 4. The van der Waals surface area contributed by atoms with Crippen molar-refractivity contribution in [3.8, 4) is 5.75 Å². The van der Waals surface area contributed by atoms with Gasteiger partial charge in [0.15, 0.2) is 11.6 Å². The highest BCUT2D eigenvalue weighted by molar-refractivity contribution is 5.92. The minimum Gasteiger partial charge on any atom is -0.494 e. The van der Waals surface area contributed by atoms with Crippen LogP contribution in [0.4, 0.5) is 8.78 Å². The molecule has 1 aromatic carbocycles. The molecule has 1 amide bonds. The number of hydrogen-bond acceptors (Lipinski definition) is 3. The van der Waals surface area contributed by atoms with Gasteiger partial charge in [0, 0.05) is 44.5 Å². The van der Waals surface area contributed by atoms with Crippen LogP contribution in [0.1, 0.15) is 16.1 Å². The second kappa shape index (κ2) is 7.00. The summed E-state index contributed by atoms with van der Waals surface area (Å²) in [5, 5.41) is 0. The molecule has 0 aliphatic carbocycles. The number of piperazine rings is 1. The van der Waals surface area contributed by atoms with Gasteiger partial charge < -0.3 is 14.6 Å². The highest BCUT2D eigenvalue weighted by atomic mass is 19.1. The molecule has 128 valence electrons. The number of aromatic nitrogens is 1. The molecule has 0 radical (unpaired) electrons. The lowest BCUT2D eigenvalue weighted by Gasteiger charge is -2.34. The number of aromatic amines is 1. The van der Waals surface area contributed by atoms with Gasteiger partial charge in [0.05, 0.1) is 7.11 Å². The first kappa shape index (κ1) is 16.4. The van der Waals surface area contributed by atoms with Crippen LogP contribution >= 0.6 is 0 Å². The molecule has 1 aliphatic rings. The number of H-pyrrole nitrogens is 1. The molecule has 24 heavy (non-hydrogen) atoms. The normalized spacial score (nSPS) is 15.5. The third kappa shape index (κ3) is 3.26. The Morgan fingerprint density at radius 3 is 2.58 bits per heavy atom. The number of hydrogen-bond donors (Lipinski definition) is 1. The van der Waals surface area contributed by atoms with E-state index in [9.17, 15) is 13.6 Å². The summed E-state index contributed by atoms with van der Waals surface area (Å²) in [5.41, 5.74) is 0.548. The van der Waals surface area contributed by atoms with Crippen molar-refractivity contribution in [1.29, 1.82) is 0 Å². The number of nitrogens with one attached hydrogen (secondary N) is 1. The molecule has 7 heteroatoms. The Balaban J connectivity index is 1.63. The Kier molecular flexibility index (Phi) is 4.80. The second-order valence-electron chi connectivity index (χ2n) is 5.69. The van der Waals surface area contributed by atoms with Gasteiger partial charge in [0.2, 0.25) is 0 Å². The largest absolute Gasteiger partial charge is 0.494 e. The molecule has 0 saturated carbocycles. The Bertz CT molecular complexity index is 711. The zero-order valence-corrected chi connectivity index (χ0v) is 13.4. The molecule has 2 heterocycles. The number of carbonyl (C=O) groups is 1. The van der Waals surface area contributed by atoms with E-state index in [1.165, 1.54) is 19.2 Å². The maximum Gasteiger partial charge on any atom is 0.270 e. The van der Waals surface area contributed by atoms with E-state index in [1.807, 2.05) is 4.90 Å². The smallest absolute Gasteiger partial charge is 0.270 e. The molecule has 1 saturated heterocycles. The van der Waals surface area contributed by atoms with Gasteiger partial charge in [0.1, 0.15) is 11.5 Å². The molecule has 2 aromatic rings. The number of halogens is 2. The Hall–Kier alpha value is -2.41. The van der Waals surface area contributed by atoms with E-state index in [0.29, 0.717) is 31.9 Å². The van der Waals surface area contributed by atoms with Crippen LogP contribution in [-0.4, -0.2) is 54.0 Å². The number of amides is 1. The number of methoxy groups -OCH3 is 1. The van der Waals surface area contributed by atoms with Crippen molar-refractivity contribution in [3.63, 3.8) is 0 Å². The van der Waals surface area contributed by atoms with E-state index in [2.05, 4.69) is 4.98 Å². The van der Waals surface area contributed by atoms with Gasteiger partial charge in [-0.1, -0.05) is 0 Å². The molecule has 5 nitrogen and oxygen atoms in total. The third-order valence-corrected chi connectivity index (χ3v) is 4.24. The van der Waals surface area contributed by atoms with Crippen molar-refractivity contribution >= 4 is 5.91 Å². The summed E-state index contributed by atoms with van der Waals surface area (Å²) in [7, 11) is 1.35. The number of carbonyl (C=O) groups excluding carboxylic acids is 1. The highest BCUT2D eigenvalue weighted by Gasteiger charge is 2.24. The van der Waals surface area contributed by atoms with Crippen LogP contribution in [0.2, 0.25) is 0 Å². The van der Waals surface area contributed by atoms with Gasteiger partial charge in [-0.25, -0.2) is 8.78 Å². The van der Waals surface area contributed by atoms with Gasteiger partial charge in [-0.3, -0.25) is 9.69 Å². The molecule has 0 bridgehead atoms. The minimum atomic E-state index is -0.664. The third-order valence-electron chi connectivity index (χ3n) is 4.24. The predicted octanol–water partition coefficient (Wildman–Crippen LogP) is 2.26. The Morgan fingerprint density at radius 2 is 1.96 bits per heavy atom. The van der Waals surface area contributed by atoms with E-state index in [0.717, 1.165) is 0 Å². The molecule has 1 fully saturated rings. The van der Waals surface area contributed by atoms with Crippen LogP contribution in [0.5, 0.6) is 5.75 Å². The zero-order chi connectivity index (χ0) is 17.1. The van der Waals surface area contributed by atoms with Crippen LogP contribution < -0.4 is 4.74 Å². The van der Waals surface area contributed by atoms with Crippen LogP contribution in [0, 0.1) is 11.6 Å². The molecule has 1 aliphatic heterocycles. The van der Waals surface area contributed by atoms with Crippen LogP contribution in [0.15, 0.2) is 30.5 Å². The van der Waals surface area contributed by atoms with Crippen molar-refractivity contribution in [1.82, 2.24) is 14.8 Å². The summed E-state index contributed by atoms with van der Waals surface area (Å²) >= 11 is 0. The second-order valence-corrected chi connectivity index (χ2v) is 5.69. The van der Waals surface area contributed by atoms with Crippen LogP contribution in [-0.2, 0) is 6.54 Å². The molecule has 0 spiro atoms. The van der Waals surface area contributed by atoms with E-state index in [1.54, 1.807) is 23.2 Å². The van der Waals surface area contributed by atoms with Crippen molar-refractivity contribution in [2.45, 2.75) is 6.54 Å². The van der Waals surface area contributed by atoms with Crippen molar-refractivity contribution in [2.75, 3.05) is 33.3 Å². The fourth-order valence-corrected chi connectivity index (χ4v) is 2.85. The lowest BCUT2D eigenvalue weighted by atomic mass is 10.1. The van der Waals surface area contributed by atoms with Crippen molar-refractivity contribution in [2.24, 2.45) is 0 Å². The van der Waals surface area contributed by atoms with Gasteiger partial charge in [-0.15, -0.1) is 0 Å². The van der Waals surface area contributed by atoms with Gasteiger partial charge in [-0.05, 0) is 24.3 Å². The predicted molar refractivity (Wildman–Crippen MR) is 84.9 cm³/mol. The fourth-order valence-electron chi connectivity index (χ4n) is 2.85. The van der Waals surface area contributed by atoms with E-state index in [4.69, 9.17) is 4.74 Å². The summed E-state index contributed by atoms with van der Waals surface area (Å²) in [6, 6.07) is 6.00. The van der Waals surface area contributed by atoms with Crippen LogP contribution in [0.3, 0.4) is 0 Å². The summed E-state index contributed by atoms with van der Waals surface area (Å²) in [6.45, 7) is 2.31. The lowest BCUT2D eigenvalue weighted by Crippen LogP contribution is -2.48. The lowest BCUT2D eigenvalue weighted by molar-refractivity contribution is 0.0620. The quantitative estimate of drug-likeness (QED) is 0.932. The SMILES string of the molecule is COc1ccc(F)c(CN2CCN(C(=O)c3ccc[nH]3)CC2)c1F. The van der Waals surface area contributed by atoms with E-state index >= 15 is 0 Å². The Morgan fingerprint density at radius 1 is 1.21 bits per heavy atom. The van der Waals surface area contributed by atoms with Gasteiger partial charge in [-0.2, -0.15) is 0 Å². The number of nitrogens with zero attached hydrogens (tertiary/aromatic N) is 2. The fraction of sp³-hybridized carbons (Fsp3) is 0.353. The molecular weight excluding hydrogens is 316 g/mol. The number of ether oxygens (including phenoxy) is 1. The first-order valence-electron chi connectivity index (χ1n) is 7.76. The highest BCUT2D eigenvalue weighted by Crippen LogP contribution is 2.24. The zero-order valence-electron chi connectivity index (χ0n) is 13.4. The molecule has 0 unspecified atom stereocenters. The maximum atomic E-state index is 14.2. The molecule has 3 rings (SSSR count). The standard InChI is InChI=1S/C17H19F2N3O2/c1-24-15-5-4-13(18)12(16(15)19)11-21-7-9-22(10-8-21)17(23)14-3-2-6-20-14/h2-6,20H,7-11H2,1H3.